The van der Waals surface area contributed by atoms with E-state index in [1.807, 2.05) is 0 Å². The number of aromatic nitrogens is 2. The van der Waals surface area contributed by atoms with Crippen molar-refractivity contribution >= 4 is 28.7 Å². The van der Waals surface area contributed by atoms with Crippen LogP contribution in [0.4, 0.5) is 20.3 Å². The molecule has 1 aromatic carbocycles. The molecule has 4 nitrogen and oxygen atoms in total. The van der Waals surface area contributed by atoms with Crippen LogP contribution in [-0.2, 0) is 7.05 Å². The van der Waals surface area contributed by atoms with Crippen LogP contribution in [0.1, 0.15) is 5.56 Å². The normalized spacial score (nSPS) is 10.4. The van der Waals surface area contributed by atoms with Crippen molar-refractivity contribution in [2.75, 3.05) is 5.32 Å². The molecule has 0 radical (unpaired) electrons. The summed E-state index contributed by atoms with van der Waals surface area (Å²) in [5.41, 5.74) is 5.17. The van der Waals surface area contributed by atoms with Crippen molar-refractivity contribution in [1.82, 2.24) is 9.78 Å². The summed E-state index contributed by atoms with van der Waals surface area (Å²) in [5, 5.41) is 6.64. The second-order valence-electron chi connectivity index (χ2n) is 3.62. The standard InChI is InChI=1S/C11H10F2N4S/c1-17-8(4-5-15-17)16-7-3-2-6(11(14)18)9(12)10(7)13/h2-5,16H,1H3,(H2,14,18). The summed E-state index contributed by atoms with van der Waals surface area (Å²) >= 11 is 4.63. The zero-order valence-corrected chi connectivity index (χ0v) is 10.3. The first-order chi connectivity index (χ1) is 8.50. The van der Waals surface area contributed by atoms with Crippen LogP contribution in [0.5, 0.6) is 0 Å². The zero-order chi connectivity index (χ0) is 13.3. The second kappa shape index (κ2) is 4.69. The minimum atomic E-state index is -1.06. The van der Waals surface area contributed by atoms with Crippen LogP contribution in [0.3, 0.4) is 0 Å². The van der Waals surface area contributed by atoms with Gasteiger partial charge in [-0.05, 0) is 12.1 Å². The number of nitrogens with one attached hydrogen (secondary N) is 1. The van der Waals surface area contributed by atoms with Gasteiger partial charge in [-0.25, -0.2) is 8.78 Å². The van der Waals surface area contributed by atoms with Gasteiger partial charge in [-0.1, -0.05) is 12.2 Å². The van der Waals surface area contributed by atoms with E-state index in [1.54, 1.807) is 19.3 Å². The Kier molecular flexibility index (Phi) is 3.24. The molecule has 0 amide bonds. The van der Waals surface area contributed by atoms with Crippen molar-refractivity contribution in [2.45, 2.75) is 0 Å². The largest absolute Gasteiger partial charge is 0.389 e. The molecule has 0 aliphatic heterocycles. The van der Waals surface area contributed by atoms with Gasteiger partial charge in [0.1, 0.15) is 10.8 Å². The fourth-order valence-electron chi connectivity index (χ4n) is 1.47. The van der Waals surface area contributed by atoms with Crippen molar-refractivity contribution in [3.63, 3.8) is 0 Å². The van der Waals surface area contributed by atoms with E-state index in [-0.39, 0.29) is 16.2 Å². The Morgan fingerprint density at radius 1 is 1.33 bits per heavy atom. The molecule has 2 aromatic rings. The molecular formula is C11H10F2N4S. The van der Waals surface area contributed by atoms with Gasteiger partial charge in [-0.2, -0.15) is 5.10 Å². The predicted octanol–water partition coefficient (Wildman–Crippen LogP) is 2.08. The molecule has 3 N–H and O–H groups in total. The van der Waals surface area contributed by atoms with Crippen molar-refractivity contribution in [2.24, 2.45) is 12.8 Å². The van der Waals surface area contributed by atoms with Crippen LogP contribution in [0, 0.1) is 11.6 Å². The van der Waals surface area contributed by atoms with E-state index in [9.17, 15) is 8.78 Å². The van der Waals surface area contributed by atoms with E-state index in [4.69, 9.17) is 5.73 Å². The summed E-state index contributed by atoms with van der Waals surface area (Å²) in [7, 11) is 1.68. The zero-order valence-electron chi connectivity index (χ0n) is 9.45. The summed E-state index contributed by atoms with van der Waals surface area (Å²) in [4.78, 5) is -0.182. The number of anilines is 2. The molecule has 0 aliphatic carbocycles. The lowest BCUT2D eigenvalue weighted by Crippen LogP contribution is -2.13. The second-order valence-corrected chi connectivity index (χ2v) is 4.06. The third kappa shape index (κ3) is 2.17. The van der Waals surface area contributed by atoms with E-state index in [2.05, 4.69) is 22.6 Å². The SMILES string of the molecule is Cn1nccc1Nc1ccc(C(N)=S)c(F)c1F. The van der Waals surface area contributed by atoms with Gasteiger partial charge in [0, 0.05) is 18.7 Å². The number of nitrogens with zero attached hydrogens (tertiary/aromatic N) is 2. The summed E-state index contributed by atoms with van der Waals surface area (Å²) in [6.45, 7) is 0. The molecule has 1 heterocycles. The third-order valence-electron chi connectivity index (χ3n) is 2.43. The van der Waals surface area contributed by atoms with Gasteiger partial charge in [0.15, 0.2) is 11.6 Å². The quantitative estimate of drug-likeness (QED) is 0.837. The number of nitrogens with two attached hydrogens (primary N) is 1. The number of hydrogen-bond acceptors (Lipinski definition) is 3. The molecule has 94 valence electrons. The van der Waals surface area contributed by atoms with E-state index in [0.717, 1.165) is 0 Å². The van der Waals surface area contributed by atoms with Gasteiger partial charge in [0.25, 0.3) is 0 Å². The van der Waals surface area contributed by atoms with Crippen molar-refractivity contribution in [1.29, 1.82) is 0 Å². The first kappa shape index (κ1) is 12.4. The van der Waals surface area contributed by atoms with Crippen molar-refractivity contribution in [3.05, 3.63) is 41.6 Å². The number of aryl methyl sites for hydroxylation is 1. The topological polar surface area (TPSA) is 55.9 Å². The van der Waals surface area contributed by atoms with E-state index in [1.165, 1.54) is 16.8 Å². The molecule has 18 heavy (non-hydrogen) atoms. The molecule has 0 bridgehead atoms. The van der Waals surface area contributed by atoms with Crippen LogP contribution in [-0.4, -0.2) is 14.8 Å². The molecule has 1 aromatic heterocycles. The average Bonchev–Trinajstić information content (AvgIpc) is 2.70. The lowest BCUT2D eigenvalue weighted by Gasteiger charge is -2.10. The summed E-state index contributed by atoms with van der Waals surface area (Å²) in [5.74, 6) is -1.55. The van der Waals surface area contributed by atoms with Crippen LogP contribution < -0.4 is 11.1 Å². The van der Waals surface area contributed by atoms with E-state index in [0.29, 0.717) is 5.82 Å². The number of rotatable bonds is 3. The highest BCUT2D eigenvalue weighted by atomic mass is 32.1. The minimum Gasteiger partial charge on any atom is -0.389 e. The Labute approximate surface area is 107 Å². The van der Waals surface area contributed by atoms with Crippen molar-refractivity contribution in [3.8, 4) is 0 Å². The Morgan fingerprint density at radius 2 is 2.06 bits per heavy atom. The van der Waals surface area contributed by atoms with Gasteiger partial charge in [0.05, 0.1) is 11.9 Å². The highest BCUT2D eigenvalue weighted by molar-refractivity contribution is 7.80. The number of halogens is 2. The average molecular weight is 268 g/mol. The summed E-state index contributed by atoms with van der Waals surface area (Å²) in [6, 6.07) is 4.35. The first-order valence-corrected chi connectivity index (χ1v) is 5.44. The number of benzene rings is 1. The van der Waals surface area contributed by atoms with Crippen LogP contribution in [0.2, 0.25) is 0 Å². The van der Waals surface area contributed by atoms with Gasteiger partial charge in [0.2, 0.25) is 0 Å². The molecule has 0 spiro atoms. The lowest BCUT2D eigenvalue weighted by atomic mass is 10.2. The van der Waals surface area contributed by atoms with Gasteiger partial charge >= 0.3 is 0 Å². The molecule has 0 aliphatic rings. The molecule has 0 saturated carbocycles. The molecule has 0 saturated heterocycles. The number of hydrogen-bond donors (Lipinski definition) is 2. The maximum Gasteiger partial charge on any atom is 0.182 e. The third-order valence-corrected chi connectivity index (χ3v) is 2.65. The monoisotopic (exact) mass is 268 g/mol. The highest BCUT2D eigenvalue weighted by Gasteiger charge is 2.15. The van der Waals surface area contributed by atoms with E-state index >= 15 is 0 Å². The van der Waals surface area contributed by atoms with Gasteiger partial charge < -0.3 is 11.1 Å². The smallest absolute Gasteiger partial charge is 0.182 e. The maximum absolute atomic E-state index is 13.8. The molecule has 0 fully saturated rings. The Balaban J connectivity index is 2.39. The predicted molar refractivity (Wildman–Crippen MR) is 68.7 cm³/mol. The van der Waals surface area contributed by atoms with Gasteiger partial charge in [-0.15, -0.1) is 0 Å². The highest BCUT2D eigenvalue weighted by Crippen LogP contribution is 2.23. The van der Waals surface area contributed by atoms with Crippen LogP contribution in [0.25, 0.3) is 0 Å². The maximum atomic E-state index is 13.8. The van der Waals surface area contributed by atoms with Gasteiger partial charge in [-0.3, -0.25) is 4.68 Å². The molecular weight excluding hydrogens is 258 g/mol. The number of thiocarbonyl (C=S) groups is 1. The van der Waals surface area contributed by atoms with Crippen LogP contribution >= 0.6 is 12.2 Å². The Morgan fingerprint density at radius 3 is 2.61 bits per heavy atom. The molecule has 0 atom stereocenters. The van der Waals surface area contributed by atoms with E-state index < -0.39 is 11.6 Å². The van der Waals surface area contributed by atoms with Crippen LogP contribution in [0.15, 0.2) is 24.4 Å². The molecule has 2 rings (SSSR count). The van der Waals surface area contributed by atoms with Crippen molar-refractivity contribution < 1.29 is 8.78 Å². The summed E-state index contributed by atoms with van der Waals surface area (Å²) < 4.78 is 28.9. The molecule has 7 heteroatoms. The minimum absolute atomic E-state index is 0.00361. The first-order valence-electron chi connectivity index (χ1n) is 5.03. The molecule has 0 unspecified atom stereocenters. The lowest BCUT2D eigenvalue weighted by molar-refractivity contribution is 0.510. The Bertz CT molecular complexity index is 609. The summed E-state index contributed by atoms with van der Waals surface area (Å²) in [6.07, 6.45) is 1.54. The fraction of sp³-hybridized carbons (Fsp3) is 0.0909. The fourth-order valence-corrected chi connectivity index (χ4v) is 1.63. The Hall–Kier alpha value is -2.02.